The van der Waals surface area contributed by atoms with Crippen molar-refractivity contribution in [3.05, 3.63) is 82.1 Å². The Morgan fingerprint density at radius 1 is 1.10 bits per heavy atom. The van der Waals surface area contributed by atoms with Crippen LogP contribution in [-0.4, -0.2) is 16.1 Å². The molecule has 0 unspecified atom stereocenters. The van der Waals surface area contributed by atoms with Crippen molar-refractivity contribution in [2.24, 2.45) is 5.92 Å². The van der Waals surface area contributed by atoms with Crippen LogP contribution >= 0.6 is 11.6 Å². The van der Waals surface area contributed by atoms with Crippen molar-refractivity contribution in [3.8, 4) is 16.9 Å². The molecule has 0 aliphatic rings. The van der Waals surface area contributed by atoms with E-state index in [2.05, 4.69) is 13.8 Å². The van der Waals surface area contributed by atoms with Crippen molar-refractivity contribution in [1.82, 2.24) is 4.98 Å². The van der Waals surface area contributed by atoms with Gasteiger partial charge in [0.15, 0.2) is 0 Å². The summed E-state index contributed by atoms with van der Waals surface area (Å²) in [6, 6.07) is 16.7. The summed E-state index contributed by atoms with van der Waals surface area (Å²) in [6.07, 6.45) is 0.721. The molecule has 3 rings (SSSR count). The van der Waals surface area contributed by atoms with Crippen LogP contribution in [0, 0.1) is 12.8 Å². The van der Waals surface area contributed by atoms with E-state index < -0.39 is 5.97 Å². The highest BCUT2D eigenvalue weighted by atomic mass is 35.5. The van der Waals surface area contributed by atoms with Gasteiger partial charge in [0.25, 0.3) is 0 Å². The maximum atomic E-state index is 11.9. The average molecular weight is 410 g/mol. The van der Waals surface area contributed by atoms with E-state index in [-0.39, 0.29) is 12.2 Å². The fourth-order valence-corrected chi connectivity index (χ4v) is 3.38. The Hall–Kier alpha value is -2.85. The highest BCUT2D eigenvalue weighted by Crippen LogP contribution is 2.29. The smallest absolute Gasteiger partial charge is 0.337 e. The summed E-state index contributed by atoms with van der Waals surface area (Å²) < 4.78 is 5.84. The summed E-state index contributed by atoms with van der Waals surface area (Å²) in [6.45, 7) is 6.29. The predicted octanol–water partition coefficient (Wildman–Crippen LogP) is 6.19. The molecule has 0 saturated heterocycles. The number of aromatic carboxylic acids is 1. The molecule has 4 nitrogen and oxygen atoms in total. The number of carboxylic acid groups (broad SMARTS) is 1. The highest BCUT2D eigenvalue weighted by molar-refractivity contribution is 6.30. The minimum Gasteiger partial charge on any atom is -0.487 e. The third-order valence-electron chi connectivity index (χ3n) is 4.51. The number of ether oxygens (including phenoxy) is 1. The summed E-state index contributed by atoms with van der Waals surface area (Å²) in [5.41, 5.74) is 4.12. The average Bonchev–Trinajstić information content (AvgIpc) is 2.65. The van der Waals surface area contributed by atoms with Crippen LogP contribution in [0.2, 0.25) is 5.02 Å². The number of carboxylic acids is 1. The second kappa shape index (κ2) is 9.10. The molecule has 0 atom stereocenters. The molecule has 1 aromatic heterocycles. The minimum atomic E-state index is -1.03. The topological polar surface area (TPSA) is 59.4 Å². The summed E-state index contributed by atoms with van der Waals surface area (Å²) in [5.74, 6) is 0.0221. The van der Waals surface area contributed by atoms with E-state index in [1.807, 2.05) is 49.4 Å². The van der Waals surface area contributed by atoms with Crippen LogP contribution in [-0.2, 0) is 13.0 Å². The van der Waals surface area contributed by atoms with Gasteiger partial charge in [-0.05, 0) is 60.7 Å². The van der Waals surface area contributed by atoms with E-state index in [1.54, 1.807) is 12.1 Å². The molecule has 5 heteroatoms. The van der Waals surface area contributed by atoms with Crippen LogP contribution in [0.5, 0.6) is 5.75 Å². The number of hydrogen-bond acceptors (Lipinski definition) is 3. The number of pyridine rings is 1. The van der Waals surface area contributed by atoms with Crippen LogP contribution < -0.4 is 4.74 Å². The Kier molecular flexibility index (Phi) is 6.55. The van der Waals surface area contributed by atoms with Gasteiger partial charge in [0.1, 0.15) is 12.4 Å². The summed E-state index contributed by atoms with van der Waals surface area (Å²) >= 11 is 6.16. The molecule has 1 heterocycles. The first-order valence-electron chi connectivity index (χ1n) is 9.55. The number of nitrogens with zero attached hydrogens (tertiary/aromatic N) is 1. The molecule has 0 radical (unpaired) electrons. The molecule has 150 valence electrons. The number of hydrogen-bond donors (Lipinski definition) is 1. The zero-order valence-electron chi connectivity index (χ0n) is 16.8. The van der Waals surface area contributed by atoms with Gasteiger partial charge in [0, 0.05) is 16.3 Å². The molecule has 0 spiro atoms. The molecule has 0 saturated carbocycles. The SMILES string of the molecule is Cc1cccc(OCc2nc(CC(C)C)c(-c3cccc(Cl)c3)cc2C(=O)O)c1. The minimum absolute atomic E-state index is 0.0893. The van der Waals surface area contributed by atoms with Gasteiger partial charge in [0.2, 0.25) is 0 Å². The predicted molar refractivity (Wildman–Crippen MR) is 116 cm³/mol. The summed E-state index contributed by atoms with van der Waals surface area (Å²) in [4.78, 5) is 16.7. The van der Waals surface area contributed by atoms with Gasteiger partial charge >= 0.3 is 5.97 Å². The van der Waals surface area contributed by atoms with Crippen molar-refractivity contribution in [2.45, 2.75) is 33.8 Å². The lowest BCUT2D eigenvalue weighted by Crippen LogP contribution is -2.12. The number of rotatable bonds is 7. The fourth-order valence-electron chi connectivity index (χ4n) is 3.19. The van der Waals surface area contributed by atoms with Crippen molar-refractivity contribution < 1.29 is 14.6 Å². The molecular formula is C24H24ClNO3. The van der Waals surface area contributed by atoms with E-state index >= 15 is 0 Å². The van der Waals surface area contributed by atoms with Gasteiger partial charge in [-0.3, -0.25) is 4.98 Å². The molecule has 0 fully saturated rings. The Morgan fingerprint density at radius 3 is 2.52 bits per heavy atom. The molecule has 2 aromatic carbocycles. The van der Waals surface area contributed by atoms with Crippen molar-refractivity contribution in [3.63, 3.8) is 0 Å². The molecule has 0 amide bonds. The second-order valence-corrected chi connectivity index (χ2v) is 7.93. The molecule has 0 aliphatic heterocycles. The molecule has 29 heavy (non-hydrogen) atoms. The van der Waals surface area contributed by atoms with Crippen LogP contribution in [0.4, 0.5) is 0 Å². The van der Waals surface area contributed by atoms with E-state index in [0.29, 0.717) is 22.4 Å². The first kappa shape index (κ1) is 20.9. The number of halogens is 1. The monoisotopic (exact) mass is 409 g/mol. The van der Waals surface area contributed by atoms with Crippen molar-refractivity contribution >= 4 is 17.6 Å². The molecular weight excluding hydrogens is 386 g/mol. The van der Waals surface area contributed by atoms with Crippen LogP contribution in [0.15, 0.2) is 54.6 Å². The van der Waals surface area contributed by atoms with Gasteiger partial charge in [-0.2, -0.15) is 0 Å². The number of carbonyl (C=O) groups is 1. The van der Waals surface area contributed by atoms with Gasteiger partial charge in [-0.25, -0.2) is 4.79 Å². The zero-order valence-corrected chi connectivity index (χ0v) is 17.5. The van der Waals surface area contributed by atoms with Gasteiger partial charge in [-0.15, -0.1) is 0 Å². The molecule has 0 aliphatic carbocycles. The van der Waals surface area contributed by atoms with E-state index in [4.69, 9.17) is 21.3 Å². The standard InChI is InChI=1S/C24H24ClNO3/c1-15(2)10-22-20(17-7-5-8-18(25)12-17)13-21(24(27)28)23(26-22)14-29-19-9-4-6-16(3)11-19/h4-9,11-13,15H,10,14H2,1-3H3,(H,27,28). The second-order valence-electron chi connectivity index (χ2n) is 7.50. The highest BCUT2D eigenvalue weighted by Gasteiger charge is 2.19. The van der Waals surface area contributed by atoms with Crippen LogP contribution in [0.1, 0.15) is 41.2 Å². The van der Waals surface area contributed by atoms with Gasteiger partial charge in [-0.1, -0.05) is 49.7 Å². The molecule has 1 N–H and O–H groups in total. The summed E-state index contributed by atoms with van der Waals surface area (Å²) in [7, 11) is 0. The van der Waals surface area contributed by atoms with E-state index in [0.717, 1.165) is 28.8 Å². The Labute approximate surface area is 176 Å². The Morgan fingerprint density at radius 2 is 1.86 bits per heavy atom. The van der Waals surface area contributed by atoms with Gasteiger partial charge in [0.05, 0.1) is 11.3 Å². The largest absolute Gasteiger partial charge is 0.487 e. The first-order chi connectivity index (χ1) is 13.8. The normalized spacial score (nSPS) is 10.9. The zero-order chi connectivity index (χ0) is 21.0. The van der Waals surface area contributed by atoms with Crippen LogP contribution in [0.25, 0.3) is 11.1 Å². The number of benzene rings is 2. The summed E-state index contributed by atoms with van der Waals surface area (Å²) in [5, 5.41) is 10.4. The van der Waals surface area contributed by atoms with Gasteiger partial charge < -0.3 is 9.84 Å². The maximum absolute atomic E-state index is 11.9. The van der Waals surface area contributed by atoms with E-state index in [1.165, 1.54) is 0 Å². The van der Waals surface area contributed by atoms with E-state index in [9.17, 15) is 9.90 Å². The lowest BCUT2D eigenvalue weighted by Gasteiger charge is -2.16. The maximum Gasteiger partial charge on any atom is 0.337 e. The molecule has 0 bridgehead atoms. The lowest BCUT2D eigenvalue weighted by molar-refractivity contribution is 0.0693. The Bertz CT molecular complexity index is 1030. The molecule has 3 aromatic rings. The van der Waals surface area contributed by atoms with Crippen molar-refractivity contribution in [1.29, 1.82) is 0 Å². The first-order valence-corrected chi connectivity index (χ1v) is 9.92. The Balaban J connectivity index is 2.04. The third-order valence-corrected chi connectivity index (χ3v) is 4.75. The quantitative estimate of drug-likeness (QED) is 0.505. The van der Waals surface area contributed by atoms with Crippen LogP contribution in [0.3, 0.4) is 0 Å². The number of aromatic nitrogens is 1. The lowest BCUT2D eigenvalue weighted by atomic mass is 9.95. The van der Waals surface area contributed by atoms with Crippen molar-refractivity contribution in [2.75, 3.05) is 0 Å². The number of aryl methyl sites for hydroxylation is 1. The third kappa shape index (κ3) is 5.36. The fraction of sp³-hybridized carbons (Fsp3) is 0.250.